The van der Waals surface area contributed by atoms with Crippen LogP contribution in [0.3, 0.4) is 0 Å². The molecule has 92 valence electrons. The van der Waals surface area contributed by atoms with Crippen LogP contribution in [0.2, 0.25) is 0 Å². The Morgan fingerprint density at radius 1 is 1.06 bits per heavy atom. The topological polar surface area (TPSA) is 56.0 Å². The van der Waals surface area contributed by atoms with Crippen LogP contribution in [0.25, 0.3) is 11.1 Å². The molecule has 0 spiro atoms. The summed E-state index contributed by atoms with van der Waals surface area (Å²) in [4.78, 5) is 0. The van der Waals surface area contributed by atoms with E-state index in [1.54, 1.807) is 12.1 Å². The average Bonchev–Trinajstić information content (AvgIpc) is 2.49. The zero-order valence-electron chi connectivity index (χ0n) is 10.5. The van der Waals surface area contributed by atoms with Crippen LogP contribution in [0.15, 0.2) is 48.5 Å². The number of hydrogen-bond acceptors (Lipinski definition) is 3. The summed E-state index contributed by atoms with van der Waals surface area (Å²) in [7, 11) is 0. The lowest BCUT2D eigenvalue weighted by atomic mass is 10.0. The minimum atomic E-state index is 0.510. The maximum Gasteiger partial charge on any atom is 0.0992 e. The second-order valence-electron chi connectivity index (χ2n) is 3.35. The molecule has 2 aromatic rings. The van der Waals surface area contributed by atoms with Gasteiger partial charge in [-0.2, -0.15) is 5.26 Å². The molecular weight excluding hydrogens is 224 g/mol. The Hall–Kier alpha value is -2.31. The number of hydrogen-bond donors (Lipinski definition) is 2. The normalized spacial score (nSPS) is 8.78. The highest BCUT2D eigenvalue weighted by atomic mass is 16.5. The molecule has 18 heavy (non-hydrogen) atoms. The number of benzene rings is 2. The SMILES string of the molecule is CC.N#Cc1ccc(-c2ccccc2)c(NO)c1. The molecule has 0 unspecified atom stereocenters. The molecule has 0 fully saturated rings. The van der Waals surface area contributed by atoms with Gasteiger partial charge in [0, 0.05) is 5.56 Å². The summed E-state index contributed by atoms with van der Waals surface area (Å²) in [6.45, 7) is 4.00. The summed E-state index contributed by atoms with van der Waals surface area (Å²) >= 11 is 0. The highest BCUT2D eigenvalue weighted by Gasteiger charge is 2.04. The second kappa shape index (κ2) is 7.10. The fourth-order valence-electron chi connectivity index (χ4n) is 1.58. The lowest BCUT2D eigenvalue weighted by Crippen LogP contribution is -1.93. The Balaban J connectivity index is 0.000000771. The molecule has 3 nitrogen and oxygen atoms in total. The van der Waals surface area contributed by atoms with E-state index in [0.717, 1.165) is 11.1 Å². The van der Waals surface area contributed by atoms with Crippen molar-refractivity contribution in [3.05, 3.63) is 54.1 Å². The van der Waals surface area contributed by atoms with E-state index in [4.69, 9.17) is 10.5 Å². The van der Waals surface area contributed by atoms with E-state index in [2.05, 4.69) is 5.48 Å². The van der Waals surface area contributed by atoms with Gasteiger partial charge in [0.1, 0.15) is 0 Å². The van der Waals surface area contributed by atoms with E-state index in [0.29, 0.717) is 11.3 Å². The molecule has 3 heteroatoms. The molecule has 0 saturated carbocycles. The third-order valence-corrected chi connectivity index (χ3v) is 2.35. The Morgan fingerprint density at radius 3 is 2.28 bits per heavy atom. The van der Waals surface area contributed by atoms with Crippen LogP contribution in [0.1, 0.15) is 19.4 Å². The van der Waals surface area contributed by atoms with Crippen LogP contribution in [-0.4, -0.2) is 5.21 Å². The first kappa shape index (κ1) is 13.8. The predicted octanol–water partition coefficient (Wildman–Crippen LogP) is 4.05. The van der Waals surface area contributed by atoms with Gasteiger partial charge in [-0.3, -0.25) is 10.7 Å². The van der Waals surface area contributed by atoms with E-state index in [-0.39, 0.29) is 0 Å². The fourth-order valence-corrected chi connectivity index (χ4v) is 1.58. The van der Waals surface area contributed by atoms with Gasteiger partial charge in [-0.25, -0.2) is 0 Å². The van der Waals surface area contributed by atoms with Crippen LogP contribution in [0.4, 0.5) is 5.69 Å². The Morgan fingerprint density at radius 2 is 1.72 bits per heavy atom. The molecule has 0 amide bonds. The molecule has 0 aliphatic heterocycles. The second-order valence-corrected chi connectivity index (χ2v) is 3.35. The zero-order valence-corrected chi connectivity index (χ0v) is 10.5. The smallest absolute Gasteiger partial charge is 0.0992 e. The quantitative estimate of drug-likeness (QED) is 0.778. The molecule has 0 radical (unpaired) electrons. The summed E-state index contributed by atoms with van der Waals surface area (Å²) in [6.07, 6.45) is 0. The van der Waals surface area contributed by atoms with Crippen LogP contribution >= 0.6 is 0 Å². The highest BCUT2D eigenvalue weighted by molar-refractivity contribution is 5.78. The van der Waals surface area contributed by atoms with Crippen molar-refractivity contribution < 1.29 is 5.21 Å². The molecule has 0 aromatic heterocycles. The summed E-state index contributed by atoms with van der Waals surface area (Å²) in [6, 6.07) is 16.9. The summed E-state index contributed by atoms with van der Waals surface area (Å²) < 4.78 is 0. The highest BCUT2D eigenvalue weighted by Crippen LogP contribution is 2.28. The van der Waals surface area contributed by atoms with E-state index >= 15 is 0 Å². The molecule has 0 aliphatic carbocycles. The van der Waals surface area contributed by atoms with Gasteiger partial charge in [0.25, 0.3) is 0 Å². The van der Waals surface area contributed by atoms with Gasteiger partial charge in [0.05, 0.1) is 17.3 Å². The largest absolute Gasteiger partial charge is 0.291 e. The first-order chi connectivity index (χ1) is 8.85. The summed E-state index contributed by atoms with van der Waals surface area (Å²) in [5.74, 6) is 0. The maximum absolute atomic E-state index is 9.04. The summed E-state index contributed by atoms with van der Waals surface area (Å²) in [5.41, 5.74) is 5.01. The Labute approximate surface area is 107 Å². The summed E-state index contributed by atoms with van der Waals surface area (Å²) in [5, 5.41) is 17.8. The van der Waals surface area contributed by atoms with E-state index < -0.39 is 0 Å². The van der Waals surface area contributed by atoms with E-state index in [1.165, 1.54) is 0 Å². The van der Waals surface area contributed by atoms with Crippen molar-refractivity contribution in [3.63, 3.8) is 0 Å². The minimum absolute atomic E-state index is 0.510. The van der Waals surface area contributed by atoms with Crippen LogP contribution in [0, 0.1) is 11.3 Å². The zero-order chi connectivity index (χ0) is 13.4. The molecule has 2 N–H and O–H groups in total. The number of nitrogens with zero attached hydrogens (tertiary/aromatic N) is 1. The molecule has 0 bridgehead atoms. The Bertz CT molecular complexity index is 530. The monoisotopic (exact) mass is 240 g/mol. The van der Waals surface area contributed by atoms with Crippen LogP contribution in [-0.2, 0) is 0 Å². The molecule has 0 atom stereocenters. The van der Waals surface area contributed by atoms with Crippen molar-refractivity contribution in [2.45, 2.75) is 13.8 Å². The fraction of sp³-hybridized carbons (Fsp3) is 0.133. The van der Waals surface area contributed by atoms with Gasteiger partial charge in [-0.1, -0.05) is 50.2 Å². The van der Waals surface area contributed by atoms with Gasteiger partial charge in [-0.15, -0.1) is 0 Å². The number of anilines is 1. The van der Waals surface area contributed by atoms with Crippen molar-refractivity contribution in [1.29, 1.82) is 5.26 Å². The molecule has 2 aromatic carbocycles. The molecule has 2 rings (SSSR count). The maximum atomic E-state index is 9.04. The first-order valence-electron chi connectivity index (χ1n) is 5.85. The van der Waals surface area contributed by atoms with Crippen molar-refractivity contribution in [1.82, 2.24) is 0 Å². The van der Waals surface area contributed by atoms with Crippen molar-refractivity contribution in [3.8, 4) is 17.2 Å². The van der Waals surface area contributed by atoms with Gasteiger partial charge in [0.2, 0.25) is 0 Å². The predicted molar refractivity (Wildman–Crippen MR) is 73.4 cm³/mol. The van der Waals surface area contributed by atoms with E-state index in [1.807, 2.05) is 56.3 Å². The third-order valence-electron chi connectivity index (χ3n) is 2.35. The Kier molecular flexibility index (Phi) is 5.43. The number of nitrogens with one attached hydrogen (secondary N) is 1. The van der Waals surface area contributed by atoms with Crippen molar-refractivity contribution >= 4 is 5.69 Å². The van der Waals surface area contributed by atoms with Gasteiger partial charge >= 0.3 is 0 Å². The molecule has 0 heterocycles. The van der Waals surface area contributed by atoms with Crippen LogP contribution < -0.4 is 5.48 Å². The van der Waals surface area contributed by atoms with Gasteiger partial charge in [-0.05, 0) is 17.7 Å². The number of rotatable bonds is 2. The van der Waals surface area contributed by atoms with E-state index in [9.17, 15) is 0 Å². The lowest BCUT2D eigenvalue weighted by Gasteiger charge is -2.08. The van der Waals surface area contributed by atoms with Crippen LogP contribution in [0.5, 0.6) is 0 Å². The molecular formula is C15H16N2O. The standard InChI is InChI=1S/C13H10N2O.C2H6/c14-9-10-6-7-12(13(8-10)15-16)11-4-2-1-3-5-11;1-2/h1-8,15-16H;1-2H3. The lowest BCUT2D eigenvalue weighted by molar-refractivity contribution is 0.389. The number of nitriles is 1. The molecule has 0 aliphatic rings. The minimum Gasteiger partial charge on any atom is -0.291 e. The van der Waals surface area contributed by atoms with Gasteiger partial charge < -0.3 is 0 Å². The third kappa shape index (κ3) is 3.09. The average molecular weight is 240 g/mol. The van der Waals surface area contributed by atoms with Crippen molar-refractivity contribution in [2.75, 3.05) is 5.48 Å². The molecule has 0 saturated heterocycles. The van der Waals surface area contributed by atoms with Crippen molar-refractivity contribution in [2.24, 2.45) is 0 Å². The first-order valence-corrected chi connectivity index (χ1v) is 5.85. The van der Waals surface area contributed by atoms with Gasteiger partial charge in [0.15, 0.2) is 0 Å².